The van der Waals surface area contributed by atoms with Gasteiger partial charge in [0.25, 0.3) is 5.91 Å². The van der Waals surface area contributed by atoms with Gasteiger partial charge in [0.15, 0.2) is 0 Å². The van der Waals surface area contributed by atoms with E-state index in [1.54, 1.807) is 0 Å². The predicted octanol–water partition coefficient (Wildman–Crippen LogP) is 2.59. The molecule has 2 heterocycles. The van der Waals surface area contributed by atoms with E-state index in [9.17, 15) is 14.4 Å². The lowest BCUT2D eigenvalue weighted by Gasteiger charge is -2.13. The molecule has 1 aliphatic heterocycles. The molecule has 3 N–H and O–H groups in total. The highest BCUT2D eigenvalue weighted by molar-refractivity contribution is 6.31. The third-order valence-electron chi connectivity index (χ3n) is 4.55. The van der Waals surface area contributed by atoms with E-state index in [4.69, 9.17) is 11.6 Å². The number of hydrogen-bond donors (Lipinski definition) is 3. The summed E-state index contributed by atoms with van der Waals surface area (Å²) in [6, 6.07) is 4.56. The molecule has 0 saturated carbocycles. The molecule has 1 fully saturated rings. The fraction of sp³-hybridized carbons (Fsp3) is 0.421. The minimum atomic E-state index is -0.646. The Morgan fingerprint density at radius 1 is 1.33 bits per heavy atom. The molecule has 0 bridgehead atoms. The lowest BCUT2D eigenvalue weighted by Crippen LogP contribution is -2.35. The van der Waals surface area contributed by atoms with Gasteiger partial charge >= 0.3 is 6.03 Å². The van der Waals surface area contributed by atoms with Gasteiger partial charge in [-0.15, -0.1) is 0 Å². The van der Waals surface area contributed by atoms with E-state index < -0.39 is 12.1 Å². The Morgan fingerprint density at radius 3 is 2.85 bits per heavy atom. The Morgan fingerprint density at radius 2 is 2.11 bits per heavy atom. The molecule has 1 saturated heterocycles. The second-order valence-electron chi connectivity index (χ2n) is 7.01. The summed E-state index contributed by atoms with van der Waals surface area (Å²) in [5.41, 5.74) is 1.95. The molecule has 1 aliphatic rings. The number of aromatic amines is 1. The maximum atomic E-state index is 12.5. The van der Waals surface area contributed by atoms with Crippen molar-refractivity contribution in [3.63, 3.8) is 0 Å². The lowest BCUT2D eigenvalue weighted by atomic mass is 10.1. The smallest absolute Gasteiger partial charge is 0.324 e. The number of H-pyrrole nitrogens is 1. The molecule has 8 heteroatoms. The lowest BCUT2D eigenvalue weighted by molar-refractivity contribution is -0.127. The number of carbonyl (C=O) groups excluding carboxylic acids is 3. The van der Waals surface area contributed by atoms with E-state index in [0.717, 1.165) is 16.5 Å². The topological polar surface area (TPSA) is 94.3 Å². The molecule has 1 atom stereocenters. The van der Waals surface area contributed by atoms with Crippen LogP contribution in [0.2, 0.25) is 5.02 Å². The first-order valence-electron chi connectivity index (χ1n) is 9.02. The maximum Gasteiger partial charge on any atom is 0.324 e. The van der Waals surface area contributed by atoms with Crippen molar-refractivity contribution in [2.45, 2.75) is 45.2 Å². The number of halogens is 1. The fourth-order valence-corrected chi connectivity index (χ4v) is 3.42. The maximum absolute atomic E-state index is 12.5. The third-order valence-corrected chi connectivity index (χ3v) is 4.79. The van der Waals surface area contributed by atoms with Crippen molar-refractivity contribution in [2.75, 3.05) is 6.54 Å². The standard InChI is InChI=1S/C19H23ClN4O3/c1-11(2)22-17(25)6-5-16-18(26)24(19(27)23-16)8-7-12-10-21-15-4-3-13(20)9-14(12)15/h3-4,9-11,16,21H,5-8H2,1-2H3,(H,22,25)(H,23,27)/t16-/m1/s1. The van der Waals surface area contributed by atoms with Gasteiger partial charge < -0.3 is 15.6 Å². The van der Waals surface area contributed by atoms with Gasteiger partial charge in [-0.05, 0) is 50.5 Å². The van der Waals surface area contributed by atoms with E-state index >= 15 is 0 Å². The van der Waals surface area contributed by atoms with Crippen LogP contribution in [0.1, 0.15) is 32.3 Å². The molecule has 0 radical (unpaired) electrons. The van der Waals surface area contributed by atoms with Crippen LogP contribution in [0.3, 0.4) is 0 Å². The highest BCUT2D eigenvalue weighted by Crippen LogP contribution is 2.23. The third kappa shape index (κ3) is 4.42. The number of nitrogens with zero attached hydrogens (tertiary/aromatic N) is 1. The molecule has 27 heavy (non-hydrogen) atoms. The Hall–Kier alpha value is -2.54. The molecular weight excluding hydrogens is 368 g/mol. The Balaban J connectivity index is 1.58. The van der Waals surface area contributed by atoms with Crippen LogP contribution >= 0.6 is 11.6 Å². The normalized spacial score (nSPS) is 17.0. The SMILES string of the molecule is CC(C)NC(=O)CC[C@H]1NC(=O)N(CCc2c[nH]c3ccc(Cl)cc23)C1=O. The number of benzene rings is 1. The van der Waals surface area contributed by atoms with Crippen LogP contribution in [-0.2, 0) is 16.0 Å². The number of rotatable bonds is 7. The number of urea groups is 1. The van der Waals surface area contributed by atoms with Gasteiger partial charge in [-0.2, -0.15) is 0 Å². The predicted molar refractivity (Wildman–Crippen MR) is 104 cm³/mol. The van der Waals surface area contributed by atoms with Crippen LogP contribution < -0.4 is 10.6 Å². The number of carbonyl (C=O) groups is 3. The quantitative estimate of drug-likeness (QED) is 0.634. The average Bonchev–Trinajstić information content (AvgIpc) is 3.11. The number of imide groups is 1. The largest absolute Gasteiger partial charge is 0.361 e. The number of fused-ring (bicyclic) bond motifs is 1. The zero-order valence-electron chi connectivity index (χ0n) is 15.3. The van der Waals surface area contributed by atoms with Crippen LogP contribution in [0.25, 0.3) is 10.9 Å². The average molecular weight is 391 g/mol. The van der Waals surface area contributed by atoms with E-state index in [2.05, 4.69) is 15.6 Å². The molecule has 1 aromatic heterocycles. The number of nitrogens with one attached hydrogen (secondary N) is 3. The first kappa shape index (κ1) is 19.2. The Kier molecular flexibility index (Phi) is 5.70. The van der Waals surface area contributed by atoms with Crippen molar-refractivity contribution in [2.24, 2.45) is 0 Å². The van der Waals surface area contributed by atoms with E-state index in [1.807, 2.05) is 38.2 Å². The zero-order chi connectivity index (χ0) is 19.6. The summed E-state index contributed by atoms with van der Waals surface area (Å²) < 4.78 is 0. The van der Waals surface area contributed by atoms with Gasteiger partial charge in [0.05, 0.1) is 0 Å². The minimum Gasteiger partial charge on any atom is -0.361 e. The van der Waals surface area contributed by atoms with Crippen LogP contribution in [0.15, 0.2) is 24.4 Å². The monoisotopic (exact) mass is 390 g/mol. The number of hydrogen-bond acceptors (Lipinski definition) is 3. The molecule has 0 unspecified atom stereocenters. The summed E-state index contributed by atoms with van der Waals surface area (Å²) in [5.74, 6) is -0.406. The second kappa shape index (κ2) is 8.00. The van der Waals surface area contributed by atoms with Crippen molar-refractivity contribution in [1.82, 2.24) is 20.5 Å². The Bertz CT molecular complexity index is 877. The first-order valence-corrected chi connectivity index (χ1v) is 9.39. The minimum absolute atomic E-state index is 0.0487. The van der Waals surface area contributed by atoms with E-state index in [-0.39, 0.29) is 30.8 Å². The van der Waals surface area contributed by atoms with Gasteiger partial charge in [0, 0.05) is 41.1 Å². The number of aromatic nitrogens is 1. The summed E-state index contributed by atoms with van der Waals surface area (Å²) in [6.07, 6.45) is 2.89. The molecule has 4 amide bonds. The van der Waals surface area contributed by atoms with Crippen molar-refractivity contribution < 1.29 is 14.4 Å². The van der Waals surface area contributed by atoms with Gasteiger partial charge in [-0.25, -0.2) is 4.79 Å². The van der Waals surface area contributed by atoms with E-state index in [0.29, 0.717) is 17.9 Å². The summed E-state index contributed by atoms with van der Waals surface area (Å²) in [4.78, 5) is 40.8. The highest BCUT2D eigenvalue weighted by Gasteiger charge is 2.37. The van der Waals surface area contributed by atoms with Gasteiger partial charge in [0.2, 0.25) is 5.91 Å². The molecular formula is C19H23ClN4O3. The first-order chi connectivity index (χ1) is 12.8. The molecule has 7 nitrogen and oxygen atoms in total. The van der Waals surface area contributed by atoms with Crippen LogP contribution in [-0.4, -0.2) is 46.4 Å². The van der Waals surface area contributed by atoms with Crippen molar-refractivity contribution in [3.05, 3.63) is 35.0 Å². The van der Waals surface area contributed by atoms with Gasteiger partial charge in [0.1, 0.15) is 6.04 Å². The van der Waals surface area contributed by atoms with Crippen molar-refractivity contribution in [1.29, 1.82) is 0 Å². The Labute approximate surface area is 162 Å². The van der Waals surface area contributed by atoms with Crippen molar-refractivity contribution >= 4 is 40.3 Å². The van der Waals surface area contributed by atoms with Crippen LogP contribution in [0.4, 0.5) is 4.79 Å². The molecule has 2 aromatic rings. The highest BCUT2D eigenvalue weighted by atomic mass is 35.5. The van der Waals surface area contributed by atoms with E-state index in [1.165, 1.54) is 4.90 Å². The second-order valence-corrected chi connectivity index (χ2v) is 7.44. The van der Waals surface area contributed by atoms with Crippen LogP contribution in [0, 0.1) is 0 Å². The number of amides is 4. The summed E-state index contributed by atoms with van der Waals surface area (Å²) in [7, 11) is 0. The summed E-state index contributed by atoms with van der Waals surface area (Å²) >= 11 is 6.06. The molecule has 0 spiro atoms. The molecule has 144 valence electrons. The van der Waals surface area contributed by atoms with Crippen LogP contribution in [0.5, 0.6) is 0 Å². The van der Waals surface area contributed by atoms with Gasteiger partial charge in [-0.1, -0.05) is 11.6 Å². The summed E-state index contributed by atoms with van der Waals surface area (Å²) in [5, 5.41) is 7.07. The molecule has 3 rings (SSSR count). The fourth-order valence-electron chi connectivity index (χ4n) is 3.24. The van der Waals surface area contributed by atoms with Crippen molar-refractivity contribution in [3.8, 4) is 0 Å². The zero-order valence-corrected chi connectivity index (χ0v) is 16.1. The molecule has 0 aliphatic carbocycles. The summed E-state index contributed by atoms with van der Waals surface area (Å²) in [6.45, 7) is 4.03. The molecule has 1 aromatic carbocycles. The van der Waals surface area contributed by atoms with Gasteiger partial charge in [-0.3, -0.25) is 14.5 Å².